The van der Waals surface area contributed by atoms with Crippen LogP contribution in [0.15, 0.2) is 70.5 Å². The van der Waals surface area contributed by atoms with Gasteiger partial charge in [-0.2, -0.15) is 0 Å². The van der Waals surface area contributed by atoms with Crippen molar-refractivity contribution < 1.29 is 23.8 Å². The minimum Gasteiger partial charge on any atom is -0.503 e. The Bertz CT molecular complexity index is 1250. The molecule has 1 aliphatic heterocycles. The van der Waals surface area contributed by atoms with Gasteiger partial charge in [-0.15, -0.1) is 0 Å². The third-order valence-corrected chi connectivity index (χ3v) is 5.61. The van der Waals surface area contributed by atoms with Crippen molar-refractivity contribution in [2.75, 3.05) is 4.90 Å². The monoisotopic (exact) mass is 460 g/mol. The van der Waals surface area contributed by atoms with E-state index in [1.165, 1.54) is 4.90 Å². The van der Waals surface area contributed by atoms with Crippen molar-refractivity contribution in [3.05, 3.63) is 77.4 Å². The molecule has 1 amide bonds. The van der Waals surface area contributed by atoms with Gasteiger partial charge >= 0.3 is 0 Å². The molecule has 0 aliphatic carbocycles. The molecular weight excluding hydrogens is 432 g/mol. The summed E-state index contributed by atoms with van der Waals surface area (Å²) < 4.78 is 11.6. The number of ketones is 1. The fourth-order valence-corrected chi connectivity index (χ4v) is 4.04. The molecule has 0 saturated carbocycles. The second kappa shape index (κ2) is 9.17. The number of aliphatic hydroxyl groups is 1. The molecule has 0 spiro atoms. The first-order valence-corrected chi connectivity index (χ1v) is 11.3. The zero-order valence-electron chi connectivity index (χ0n) is 19.9. The smallest absolute Gasteiger partial charge is 0.294 e. The van der Waals surface area contributed by atoms with Crippen molar-refractivity contribution in [3.63, 3.8) is 0 Å². The molecule has 7 nitrogen and oxygen atoms in total. The molecule has 0 fully saturated rings. The van der Waals surface area contributed by atoms with Gasteiger partial charge < -0.3 is 14.3 Å². The first kappa shape index (κ1) is 23.3. The van der Waals surface area contributed by atoms with Gasteiger partial charge in [0.05, 0.1) is 11.7 Å². The van der Waals surface area contributed by atoms with E-state index in [1.54, 1.807) is 44.3 Å². The van der Waals surface area contributed by atoms with Gasteiger partial charge in [0.25, 0.3) is 5.91 Å². The molecule has 34 heavy (non-hydrogen) atoms. The summed E-state index contributed by atoms with van der Waals surface area (Å²) in [5, 5.41) is 10.8. The first-order chi connectivity index (χ1) is 16.2. The maximum Gasteiger partial charge on any atom is 0.294 e. The lowest BCUT2D eigenvalue weighted by molar-refractivity contribution is -0.119. The Morgan fingerprint density at radius 1 is 1.09 bits per heavy atom. The Labute approximate surface area is 198 Å². The minimum absolute atomic E-state index is 0.0485. The lowest BCUT2D eigenvalue weighted by Crippen LogP contribution is -2.32. The number of furan rings is 1. The number of nitrogens with zero attached hydrogens (tertiary/aromatic N) is 2. The summed E-state index contributed by atoms with van der Waals surface area (Å²) in [5.41, 5.74) is 1.95. The Morgan fingerprint density at radius 3 is 2.38 bits per heavy atom. The molecule has 1 aliphatic rings. The van der Waals surface area contributed by atoms with Crippen molar-refractivity contribution in [2.45, 2.75) is 46.8 Å². The summed E-state index contributed by atoms with van der Waals surface area (Å²) in [6.07, 6.45) is 1.42. The van der Waals surface area contributed by atoms with Gasteiger partial charge in [-0.05, 0) is 69.3 Å². The first-order valence-electron chi connectivity index (χ1n) is 11.3. The second-order valence-electron chi connectivity index (χ2n) is 8.88. The fourth-order valence-electron chi connectivity index (χ4n) is 4.04. The zero-order valence-corrected chi connectivity index (χ0v) is 19.9. The van der Waals surface area contributed by atoms with Crippen molar-refractivity contribution in [1.82, 2.24) is 4.98 Å². The molecule has 176 valence electrons. The lowest BCUT2D eigenvalue weighted by Gasteiger charge is -2.28. The van der Waals surface area contributed by atoms with Crippen LogP contribution in [0.5, 0.6) is 5.88 Å². The van der Waals surface area contributed by atoms with Crippen LogP contribution in [-0.2, 0) is 9.59 Å². The van der Waals surface area contributed by atoms with Crippen LogP contribution < -0.4 is 9.64 Å². The van der Waals surface area contributed by atoms with E-state index in [1.807, 2.05) is 45.0 Å². The number of ether oxygens (including phenoxy) is 1. The number of amides is 1. The summed E-state index contributed by atoms with van der Waals surface area (Å²) in [6, 6.07) is 13.6. The maximum absolute atomic E-state index is 13.3. The highest BCUT2D eigenvalue weighted by Gasteiger charge is 2.46. The van der Waals surface area contributed by atoms with Crippen LogP contribution in [-0.4, -0.2) is 27.9 Å². The minimum atomic E-state index is -0.874. The van der Waals surface area contributed by atoms with E-state index in [0.29, 0.717) is 22.9 Å². The zero-order chi connectivity index (χ0) is 24.6. The Morgan fingerprint density at radius 2 is 1.79 bits per heavy atom. The number of hydrogen-bond acceptors (Lipinski definition) is 6. The van der Waals surface area contributed by atoms with E-state index < -0.39 is 23.6 Å². The number of aryl methyl sites for hydroxylation is 1. The number of Topliss-reactive ketones (excluding diaryl/α,β-unsaturated/α-hetero) is 1. The van der Waals surface area contributed by atoms with Crippen molar-refractivity contribution in [2.24, 2.45) is 5.92 Å². The maximum atomic E-state index is 13.3. The highest BCUT2D eigenvalue weighted by molar-refractivity contribution is 6.17. The molecule has 3 heterocycles. The molecular formula is C27H28N2O5. The standard InChI is InChI=1S/C27H28N2O5/c1-15(2)24(30)22-23(20-7-6-14-28-26(20)33-16(3)4)29(27(32)25(22)31)19-11-9-18(10-12-19)21-13-8-17(5)34-21/h6-16,23,31H,1-5H3. The number of aliphatic hydroxyl groups excluding tert-OH is 1. The number of pyridine rings is 1. The van der Waals surface area contributed by atoms with Crippen LogP contribution >= 0.6 is 0 Å². The number of anilines is 1. The second-order valence-corrected chi connectivity index (χ2v) is 8.88. The van der Waals surface area contributed by atoms with E-state index in [4.69, 9.17) is 9.15 Å². The van der Waals surface area contributed by atoms with Crippen molar-refractivity contribution >= 4 is 17.4 Å². The number of carbonyl (C=O) groups excluding carboxylic acids is 2. The number of rotatable bonds is 7. The Balaban J connectivity index is 1.83. The summed E-state index contributed by atoms with van der Waals surface area (Å²) in [6.45, 7) is 9.10. The van der Waals surface area contributed by atoms with E-state index in [-0.39, 0.29) is 17.5 Å². The fraction of sp³-hybridized carbons (Fsp3) is 0.296. The SMILES string of the molecule is Cc1ccc(-c2ccc(N3C(=O)C(O)=C(C(=O)C(C)C)C3c3cccnc3OC(C)C)cc2)o1. The highest BCUT2D eigenvalue weighted by Crippen LogP contribution is 2.44. The molecule has 4 rings (SSSR count). The van der Waals surface area contributed by atoms with Gasteiger partial charge in [-0.1, -0.05) is 13.8 Å². The van der Waals surface area contributed by atoms with Crippen LogP contribution in [0.25, 0.3) is 11.3 Å². The van der Waals surface area contributed by atoms with Gasteiger partial charge in [0.2, 0.25) is 5.88 Å². The average molecular weight is 461 g/mol. The van der Waals surface area contributed by atoms with Crippen LogP contribution in [0.1, 0.15) is 45.1 Å². The summed E-state index contributed by atoms with van der Waals surface area (Å²) >= 11 is 0. The lowest BCUT2D eigenvalue weighted by atomic mass is 9.91. The van der Waals surface area contributed by atoms with Gasteiger partial charge in [-0.25, -0.2) is 4.98 Å². The summed E-state index contributed by atoms with van der Waals surface area (Å²) in [4.78, 5) is 32.2. The predicted molar refractivity (Wildman–Crippen MR) is 129 cm³/mol. The molecule has 3 aromatic rings. The van der Waals surface area contributed by atoms with Gasteiger partial charge in [0.15, 0.2) is 11.5 Å². The molecule has 1 aromatic carbocycles. The van der Waals surface area contributed by atoms with Crippen LogP contribution in [0.2, 0.25) is 0 Å². The molecule has 0 saturated heterocycles. The van der Waals surface area contributed by atoms with Crippen LogP contribution in [0.3, 0.4) is 0 Å². The molecule has 0 bridgehead atoms. The molecule has 7 heteroatoms. The third-order valence-electron chi connectivity index (χ3n) is 5.61. The topological polar surface area (TPSA) is 92.9 Å². The Hall–Kier alpha value is -3.87. The molecule has 1 atom stereocenters. The van der Waals surface area contributed by atoms with Gasteiger partial charge in [0, 0.05) is 28.9 Å². The molecule has 1 N–H and O–H groups in total. The van der Waals surface area contributed by atoms with E-state index in [0.717, 1.165) is 11.3 Å². The average Bonchev–Trinajstić information content (AvgIpc) is 3.34. The van der Waals surface area contributed by atoms with Crippen molar-refractivity contribution in [1.29, 1.82) is 0 Å². The summed E-state index contributed by atoms with van der Waals surface area (Å²) in [5.74, 6) is -0.0853. The van der Waals surface area contributed by atoms with Gasteiger partial charge in [0.1, 0.15) is 17.6 Å². The molecule has 2 aromatic heterocycles. The number of carbonyl (C=O) groups is 2. The predicted octanol–water partition coefficient (Wildman–Crippen LogP) is 5.56. The summed E-state index contributed by atoms with van der Waals surface area (Å²) in [7, 11) is 0. The quantitative estimate of drug-likeness (QED) is 0.496. The number of aromatic nitrogens is 1. The third kappa shape index (κ3) is 4.21. The number of hydrogen-bond donors (Lipinski definition) is 1. The van der Waals surface area contributed by atoms with Crippen LogP contribution in [0.4, 0.5) is 5.69 Å². The van der Waals surface area contributed by atoms with Crippen molar-refractivity contribution in [3.8, 4) is 17.2 Å². The number of benzene rings is 1. The molecule has 1 unspecified atom stereocenters. The Kier molecular flexibility index (Phi) is 6.28. The molecule has 0 radical (unpaired) electrons. The van der Waals surface area contributed by atoms with Gasteiger partial charge in [-0.3, -0.25) is 14.5 Å². The largest absolute Gasteiger partial charge is 0.503 e. The normalized spacial score (nSPS) is 16.1. The van der Waals surface area contributed by atoms with E-state index in [9.17, 15) is 14.7 Å². The van der Waals surface area contributed by atoms with E-state index in [2.05, 4.69) is 4.98 Å². The highest BCUT2D eigenvalue weighted by atomic mass is 16.5. The van der Waals surface area contributed by atoms with E-state index >= 15 is 0 Å². The van der Waals surface area contributed by atoms with Crippen LogP contribution in [0, 0.1) is 12.8 Å².